The van der Waals surface area contributed by atoms with Crippen molar-refractivity contribution in [1.82, 2.24) is 15.6 Å². The van der Waals surface area contributed by atoms with Gasteiger partial charge in [-0.2, -0.15) is 0 Å². The molecule has 2 rings (SSSR count). The number of nitrogens with one attached hydrogen (secondary N) is 2. The lowest BCUT2D eigenvalue weighted by Crippen LogP contribution is -2.45. The molecular formula is C11H15N3O3S. The SMILES string of the molecule is O=C(NCc1cncs1)N[C@@H](CC1CC1)C(=O)O. The minimum atomic E-state index is -0.977. The van der Waals surface area contributed by atoms with E-state index in [2.05, 4.69) is 15.6 Å². The normalized spacial score (nSPS) is 16.0. The van der Waals surface area contributed by atoms with Crippen LogP contribution in [-0.4, -0.2) is 28.1 Å². The first-order valence-corrected chi connectivity index (χ1v) is 6.67. The maximum Gasteiger partial charge on any atom is 0.326 e. The molecule has 1 saturated carbocycles. The van der Waals surface area contributed by atoms with Crippen LogP contribution in [0, 0.1) is 5.92 Å². The Morgan fingerprint density at radius 3 is 2.89 bits per heavy atom. The maximum atomic E-state index is 11.6. The third-order valence-corrected chi connectivity index (χ3v) is 3.56. The predicted molar refractivity (Wildman–Crippen MR) is 66.3 cm³/mol. The molecule has 18 heavy (non-hydrogen) atoms. The van der Waals surface area contributed by atoms with Gasteiger partial charge in [0, 0.05) is 11.1 Å². The quantitative estimate of drug-likeness (QED) is 0.723. The van der Waals surface area contributed by atoms with Crippen molar-refractivity contribution in [2.45, 2.75) is 31.8 Å². The second kappa shape index (κ2) is 5.81. The van der Waals surface area contributed by atoms with Crippen molar-refractivity contribution >= 4 is 23.3 Å². The average Bonchev–Trinajstić information content (AvgIpc) is 2.99. The molecule has 0 unspecified atom stereocenters. The Kier molecular flexibility index (Phi) is 4.14. The molecule has 3 N–H and O–H groups in total. The average molecular weight is 269 g/mol. The molecule has 0 spiro atoms. The fourth-order valence-electron chi connectivity index (χ4n) is 1.61. The van der Waals surface area contributed by atoms with Crippen LogP contribution in [0.15, 0.2) is 11.7 Å². The fourth-order valence-corrected chi connectivity index (χ4v) is 2.15. The minimum absolute atomic E-state index is 0.367. The van der Waals surface area contributed by atoms with Crippen molar-refractivity contribution in [2.24, 2.45) is 5.92 Å². The zero-order valence-corrected chi connectivity index (χ0v) is 10.6. The van der Waals surface area contributed by atoms with Crippen molar-refractivity contribution in [3.05, 3.63) is 16.6 Å². The molecule has 1 aliphatic rings. The molecule has 1 atom stereocenters. The number of urea groups is 1. The van der Waals surface area contributed by atoms with Gasteiger partial charge >= 0.3 is 12.0 Å². The van der Waals surface area contributed by atoms with E-state index in [0.29, 0.717) is 18.9 Å². The van der Waals surface area contributed by atoms with E-state index in [9.17, 15) is 9.59 Å². The van der Waals surface area contributed by atoms with Gasteiger partial charge < -0.3 is 15.7 Å². The number of carbonyl (C=O) groups is 2. The molecule has 0 aromatic carbocycles. The number of amides is 2. The molecule has 0 aliphatic heterocycles. The standard InChI is InChI=1S/C11H15N3O3S/c15-10(16)9(3-7-1-2-7)14-11(17)13-5-8-4-12-6-18-8/h4,6-7,9H,1-3,5H2,(H,15,16)(H2,13,14,17)/t9-/m0/s1. The van der Waals surface area contributed by atoms with Crippen LogP contribution in [0.3, 0.4) is 0 Å². The number of carbonyl (C=O) groups excluding carboxylic acids is 1. The summed E-state index contributed by atoms with van der Waals surface area (Å²) in [6.07, 6.45) is 4.31. The monoisotopic (exact) mass is 269 g/mol. The Balaban J connectivity index is 1.75. The largest absolute Gasteiger partial charge is 0.480 e. The lowest BCUT2D eigenvalue weighted by atomic mass is 10.1. The Morgan fingerprint density at radius 2 is 2.33 bits per heavy atom. The summed E-state index contributed by atoms with van der Waals surface area (Å²) in [6.45, 7) is 0.367. The third kappa shape index (κ3) is 3.99. The predicted octanol–water partition coefficient (Wildman–Crippen LogP) is 1.20. The van der Waals surface area contributed by atoms with E-state index in [0.717, 1.165) is 17.7 Å². The van der Waals surface area contributed by atoms with Gasteiger partial charge in [0.15, 0.2) is 0 Å². The number of hydrogen-bond donors (Lipinski definition) is 3. The Morgan fingerprint density at radius 1 is 1.56 bits per heavy atom. The van der Waals surface area contributed by atoms with E-state index in [1.54, 1.807) is 11.7 Å². The summed E-state index contributed by atoms with van der Waals surface area (Å²) in [6, 6.07) is -1.24. The molecule has 2 amide bonds. The van der Waals surface area contributed by atoms with Gasteiger partial charge in [0.1, 0.15) is 6.04 Å². The Labute approximate surface area is 108 Å². The molecular weight excluding hydrogens is 254 g/mol. The van der Waals surface area contributed by atoms with E-state index in [4.69, 9.17) is 5.11 Å². The van der Waals surface area contributed by atoms with E-state index < -0.39 is 18.0 Å². The molecule has 1 aliphatic carbocycles. The van der Waals surface area contributed by atoms with Crippen LogP contribution in [-0.2, 0) is 11.3 Å². The van der Waals surface area contributed by atoms with Crippen LogP contribution in [0.4, 0.5) is 4.79 Å². The molecule has 0 bridgehead atoms. The van der Waals surface area contributed by atoms with Crippen LogP contribution >= 0.6 is 11.3 Å². The van der Waals surface area contributed by atoms with Gasteiger partial charge in [-0.05, 0) is 12.3 Å². The van der Waals surface area contributed by atoms with Crippen molar-refractivity contribution < 1.29 is 14.7 Å². The number of nitrogens with zero attached hydrogens (tertiary/aromatic N) is 1. The Bertz CT molecular complexity index is 417. The van der Waals surface area contributed by atoms with Crippen LogP contribution in [0.25, 0.3) is 0 Å². The van der Waals surface area contributed by atoms with Crippen LogP contribution in [0.5, 0.6) is 0 Å². The van der Waals surface area contributed by atoms with Crippen LogP contribution in [0.1, 0.15) is 24.1 Å². The number of rotatable bonds is 6. The first-order valence-electron chi connectivity index (χ1n) is 5.79. The molecule has 1 aromatic heterocycles. The highest BCUT2D eigenvalue weighted by molar-refractivity contribution is 7.09. The smallest absolute Gasteiger partial charge is 0.326 e. The van der Waals surface area contributed by atoms with Crippen molar-refractivity contribution in [3.8, 4) is 0 Å². The summed E-state index contributed by atoms with van der Waals surface area (Å²) in [7, 11) is 0. The number of aliphatic carboxylic acids is 1. The number of thiazole rings is 1. The number of carboxylic acids is 1. The van der Waals surface area contributed by atoms with E-state index >= 15 is 0 Å². The topological polar surface area (TPSA) is 91.3 Å². The van der Waals surface area contributed by atoms with Gasteiger partial charge in [-0.1, -0.05) is 12.8 Å². The van der Waals surface area contributed by atoms with Gasteiger partial charge in [0.05, 0.1) is 12.1 Å². The van der Waals surface area contributed by atoms with Gasteiger partial charge in [0.25, 0.3) is 0 Å². The van der Waals surface area contributed by atoms with Crippen molar-refractivity contribution in [3.63, 3.8) is 0 Å². The lowest BCUT2D eigenvalue weighted by molar-refractivity contribution is -0.139. The van der Waals surface area contributed by atoms with Crippen LogP contribution in [0.2, 0.25) is 0 Å². The molecule has 98 valence electrons. The summed E-state index contributed by atoms with van der Waals surface area (Å²) in [5.74, 6) is -0.525. The highest BCUT2D eigenvalue weighted by Crippen LogP contribution is 2.33. The molecule has 6 nitrogen and oxygen atoms in total. The van der Waals surface area contributed by atoms with Gasteiger partial charge in [-0.25, -0.2) is 9.59 Å². The molecule has 1 fully saturated rings. The molecule has 0 radical (unpaired) electrons. The lowest BCUT2D eigenvalue weighted by Gasteiger charge is -2.14. The number of hydrogen-bond acceptors (Lipinski definition) is 4. The van der Waals surface area contributed by atoms with Gasteiger partial charge in [-0.3, -0.25) is 4.98 Å². The summed E-state index contributed by atoms with van der Waals surface area (Å²) in [5, 5.41) is 14.1. The van der Waals surface area contributed by atoms with Gasteiger partial charge in [0.2, 0.25) is 0 Å². The van der Waals surface area contributed by atoms with Crippen LogP contribution < -0.4 is 10.6 Å². The fraction of sp³-hybridized carbons (Fsp3) is 0.545. The minimum Gasteiger partial charge on any atom is -0.480 e. The van der Waals surface area contributed by atoms with Crippen molar-refractivity contribution in [1.29, 1.82) is 0 Å². The molecule has 7 heteroatoms. The number of aromatic nitrogens is 1. The first-order chi connectivity index (χ1) is 8.65. The summed E-state index contributed by atoms with van der Waals surface area (Å²) >= 11 is 1.44. The third-order valence-electron chi connectivity index (χ3n) is 2.78. The van der Waals surface area contributed by atoms with E-state index in [1.807, 2.05) is 0 Å². The first kappa shape index (κ1) is 12.8. The zero-order valence-electron chi connectivity index (χ0n) is 9.76. The Hall–Kier alpha value is -1.63. The van der Waals surface area contributed by atoms with Gasteiger partial charge in [-0.15, -0.1) is 11.3 Å². The van der Waals surface area contributed by atoms with E-state index in [1.165, 1.54) is 11.3 Å². The van der Waals surface area contributed by atoms with Crippen molar-refractivity contribution in [2.75, 3.05) is 0 Å². The highest BCUT2D eigenvalue weighted by atomic mass is 32.1. The summed E-state index contributed by atoms with van der Waals surface area (Å²) < 4.78 is 0. The molecule has 1 heterocycles. The number of carboxylic acid groups (broad SMARTS) is 1. The molecule has 1 aromatic rings. The second-order valence-electron chi connectivity index (χ2n) is 4.36. The summed E-state index contributed by atoms with van der Waals surface area (Å²) in [4.78, 5) is 27.4. The maximum absolute atomic E-state index is 11.6. The molecule has 0 saturated heterocycles. The highest BCUT2D eigenvalue weighted by Gasteiger charge is 2.30. The van der Waals surface area contributed by atoms with E-state index in [-0.39, 0.29) is 0 Å². The zero-order chi connectivity index (χ0) is 13.0. The second-order valence-corrected chi connectivity index (χ2v) is 5.34. The summed E-state index contributed by atoms with van der Waals surface area (Å²) in [5.41, 5.74) is 1.68.